The zero-order chi connectivity index (χ0) is 13.0. The van der Waals surface area contributed by atoms with Crippen molar-refractivity contribution in [2.24, 2.45) is 0 Å². The van der Waals surface area contributed by atoms with Crippen molar-refractivity contribution in [3.05, 3.63) is 29.8 Å². The van der Waals surface area contributed by atoms with Crippen molar-refractivity contribution < 1.29 is 9.90 Å². The minimum absolute atomic E-state index is 0.198. The number of nitriles is 1. The second-order valence-corrected chi connectivity index (χ2v) is 4.33. The lowest BCUT2D eigenvalue weighted by Gasteiger charge is -2.37. The zero-order valence-electron chi connectivity index (χ0n) is 9.73. The number of benzene rings is 1. The number of rotatable bonds is 3. The number of β-amino-alcohol motifs (C(OH)–C–C–N with tert-alkyl or cyclic N) is 1. The van der Waals surface area contributed by atoms with Gasteiger partial charge in [-0.25, -0.2) is 4.79 Å². The molecule has 94 valence electrons. The first-order valence-electron chi connectivity index (χ1n) is 5.59. The van der Waals surface area contributed by atoms with E-state index in [-0.39, 0.29) is 6.54 Å². The topological polar surface area (TPSA) is 97.2 Å². The molecule has 0 spiro atoms. The molecule has 1 fully saturated rings. The van der Waals surface area contributed by atoms with E-state index < -0.39 is 11.6 Å². The van der Waals surface area contributed by atoms with Gasteiger partial charge in [-0.2, -0.15) is 5.26 Å². The van der Waals surface area contributed by atoms with Crippen LogP contribution in [0.4, 0.5) is 10.5 Å². The van der Waals surface area contributed by atoms with Crippen LogP contribution in [0.1, 0.15) is 5.56 Å². The van der Waals surface area contributed by atoms with Crippen LogP contribution >= 0.6 is 0 Å². The van der Waals surface area contributed by atoms with E-state index in [1.54, 1.807) is 24.3 Å². The van der Waals surface area contributed by atoms with Crippen molar-refractivity contribution in [1.82, 2.24) is 10.6 Å². The van der Waals surface area contributed by atoms with Crippen LogP contribution in [0.15, 0.2) is 24.3 Å². The molecule has 1 aromatic rings. The quantitative estimate of drug-likeness (QED) is 0.604. The number of anilines is 1. The maximum atomic E-state index is 11.6. The first-order valence-corrected chi connectivity index (χ1v) is 5.59. The SMILES string of the molecule is N#Cc1cccc(NC(=O)NCC2(O)CNC2)c1. The number of nitrogens with zero attached hydrogens (tertiary/aromatic N) is 1. The van der Waals surface area contributed by atoms with Crippen LogP contribution in [-0.4, -0.2) is 36.4 Å². The highest BCUT2D eigenvalue weighted by Crippen LogP contribution is 2.10. The van der Waals surface area contributed by atoms with E-state index in [9.17, 15) is 9.90 Å². The summed E-state index contributed by atoms with van der Waals surface area (Å²) in [7, 11) is 0. The van der Waals surface area contributed by atoms with Gasteiger partial charge >= 0.3 is 6.03 Å². The van der Waals surface area contributed by atoms with Crippen molar-refractivity contribution in [3.8, 4) is 6.07 Å². The fourth-order valence-corrected chi connectivity index (χ4v) is 1.63. The monoisotopic (exact) mass is 246 g/mol. The average molecular weight is 246 g/mol. The van der Waals surface area contributed by atoms with Crippen LogP contribution in [0.3, 0.4) is 0 Å². The van der Waals surface area contributed by atoms with Crippen LogP contribution in [0, 0.1) is 11.3 Å². The summed E-state index contributed by atoms with van der Waals surface area (Å²) < 4.78 is 0. The van der Waals surface area contributed by atoms with Crippen LogP contribution in [0.25, 0.3) is 0 Å². The summed E-state index contributed by atoms with van der Waals surface area (Å²) >= 11 is 0. The summed E-state index contributed by atoms with van der Waals surface area (Å²) in [5, 5.41) is 26.6. The summed E-state index contributed by atoms with van der Waals surface area (Å²) in [6, 6.07) is 8.22. The lowest BCUT2D eigenvalue weighted by Crippen LogP contribution is -2.64. The Morgan fingerprint density at radius 2 is 2.33 bits per heavy atom. The summed E-state index contributed by atoms with van der Waals surface area (Å²) in [6.07, 6.45) is 0. The number of carbonyl (C=O) groups excluding carboxylic acids is 1. The highest BCUT2D eigenvalue weighted by molar-refractivity contribution is 5.89. The second-order valence-electron chi connectivity index (χ2n) is 4.33. The second kappa shape index (κ2) is 5.04. The summed E-state index contributed by atoms with van der Waals surface area (Å²) in [5.74, 6) is 0. The van der Waals surface area contributed by atoms with Gasteiger partial charge in [0.15, 0.2) is 0 Å². The first-order chi connectivity index (χ1) is 8.61. The molecule has 6 heteroatoms. The van der Waals surface area contributed by atoms with E-state index in [1.807, 2.05) is 6.07 Å². The standard InChI is InChI=1S/C12H14N4O2/c13-5-9-2-1-3-10(4-9)16-11(17)15-8-12(18)6-14-7-12/h1-4,14,18H,6-8H2,(H2,15,16,17). The number of urea groups is 1. The Morgan fingerprint density at radius 3 is 2.94 bits per heavy atom. The van der Waals surface area contributed by atoms with Crippen molar-refractivity contribution in [1.29, 1.82) is 5.26 Å². The van der Waals surface area contributed by atoms with Gasteiger partial charge in [0, 0.05) is 18.8 Å². The van der Waals surface area contributed by atoms with Gasteiger partial charge in [-0.15, -0.1) is 0 Å². The van der Waals surface area contributed by atoms with Crippen molar-refractivity contribution >= 4 is 11.7 Å². The fourth-order valence-electron chi connectivity index (χ4n) is 1.63. The number of aliphatic hydroxyl groups is 1. The van der Waals surface area contributed by atoms with Gasteiger partial charge in [-0.05, 0) is 18.2 Å². The molecule has 0 radical (unpaired) electrons. The predicted molar refractivity (Wildman–Crippen MR) is 66.0 cm³/mol. The largest absolute Gasteiger partial charge is 0.385 e. The fraction of sp³-hybridized carbons (Fsp3) is 0.333. The van der Waals surface area contributed by atoms with E-state index in [4.69, 9.17) is 5.26 Å². The molecule has 0 aliphatic carbocycles. The molecular weight excluding hydrogens is 232 g/mol. The lowest BCUT2D eigenvalue weighted by atomic mass is 9.98. The molecule has 0 unspecified atom stereocenters. The van der Waals surface area contributed by atoms with Gasteiger partial charge in [-0.3, -0.25) is 0 Å². The Bertz CT molecular complexity index is 491. The molecule has 4 N–H and O–H groups in total. The van der Waals surface area contributed by atoms with E-state index in [0.29, 0.717) is 24.3 Å². The number of hydrogen-bond acceptors (Lipinski definition) is 4. The highest BCUT2D eigenvalue weighted by atomic mass is 16.3. The van der Waals surface area contributed by atoms with Gasteiger partial charge in [-0.1, -0.05) is 6.07 Å². The maximum Gasteiger partial charge on any atom is 0.319 e. The Hall–Kier alpha value is -2.10. The average Bonchev–Trinajstić information content (AvgIpc) is 2.34. The summed E-state index contributed by atoms with van der Waals surface area (Å²) in [5.41, 5.74) is 0.186. The minimum atomic E-state index is -0.841. The van der Waals surface area contributed by atoms with Crippen molar-refractivity contribution in [2.75, 3.05) is 25.0 Å². The molecular formula is C12H14N4O2. The first kappa shape index (κ1) is 12.4. The van der Waals surface area contributed by atoms with Crippen LogP contribution in [-0.2, 0) is 0 Å². The Morgan fingerprint density at radius 1 is 1.56 bits per heavy atom. The number of hydrogen-bond donors (Lipinski definition) is 4. The van der Waals surface area contributed by atoms with Gasteiger partial charge in [0.25, 0.3) is 0 Å². The minimum Gasteiger partial charge on any atom is -0.385 e. The lowest BCUT2D eigenvalue weighted by molar-refractivity contribution is -0.00575. The molecule has 0 atom stereocenters. The molecule has 0 bridgehead atoms. The summed E-state index contributed by atoms with van der Waals surface area (Å²) in [6.45, 7) is 1.16. The Balaban J connectivity index is 1.85. The Labute approximate surface area is 105 Å². The van der Waals surface area contributed by atoms with Crippen LogP contribution < -0.4 is 16.0 Å². The molecule has 2 amide bonds. The van der Waals surface area contributed by atoms with E-state index in [0.717, 1.165) is 0 Å². The van der Waals surface area contributed by atoms with E-state index >= 15 is 0 Å². The normalized spacial score (nSPS) is 16.2. The molecule has 0 saturated carbocycles. The van der Waals surface area contributed by atoms with Crippen molar-refractivity contribution in [3.63, 3.8) is 0 Å². The van der Waals surface area contributed by atoms with Gasteiger partial charge < -0.3 is 21.1 Å². The van der Waals surface area contributed by atoms with E-state index in [2.05, 4.69) is 16.0 Å². The van der Waals surface area contributed by atoms with Crippen molar-refractivity contribution in [2.45, 2.75) is 5.60 Å². The van der Waals surface area contributed by atoms with Crippen LogP contribution in [0.5, 0.6) is 0 Å². The van der Waals surface area contributed by atoms with Gasteiger partial charge in [0.1, 0.15) is 5.60 Å². The number of amides is 2. The molecule has 0 aromatic heterocycles. The molecule has 6 nitrogen and oxygen atoms in total. The third kappa shape index (κ3) is 2.97. The number of nitrogens with one attached hydrogen (secondary N) is 3. The molecule has 2 rings (SSSR count). The maximum absolute atomic E-state index is 11.6. The smallest absolute Gasteiger partial charge is 0.319 e. The molecule has 1 aromatic carbocycles. The molecule has 1 heterocycles. The zero-order valence-corrected chi connectivity index (χ0v) is 9.73. The Kier molecular flexibility index (Phi) is 3.46. The highest BCUT2D eigenvalue weighted by Gasteiger charge is 2.34. The molecule has 1 saturated heterocycles. The molecule has 18 heavy (non-hydrogen) atoms. The number of carbonyl (C=O) groups is 1. The molecule has 1 aliphatic rings. The summed E-state index contributed by atoms with van der Waals surface area (Å²) in [4.78, 5) is 11.6. The van der Waals surface area contributed by atoms with Crippen LogP contribution in [0.2, 0.25) is 0 Å². The van der Waals surface area contributed by atoms with Gasteiger partial charge in [0.05, 0.1) is 18.2 Å². The predicted octanol–water partition coefficient (Wildman–Crippen LogP) is 0.0141. The third-order valence-electron chi connectivity index (χ3n) is 2.74. The third-order valence-corrected chi connectivity index (χ3v) is 2.74. The van der Waals surface area contributed by atoms with E-state index in [1.165, 1.54) is 0 Å². The molecule has 1 aliphatic heterocycles. The van der Waals surface area contributed by atoms with Gasteiger partial charge in [0.2, 0.25) is 0 Å².